The van der Waals surface area contributed by atoms with Crippen molar-refractivity contribution in [2.75, 3.05) is 20.1 Å². The molecule has 3 atom stereocenters. The summed E-state index contributed by atoms with van der Waals surface area (Å²) in [5, 5.41) is 4.58. The summed E-state index contributed by atoms with van der Waals surface area (Å²) in [7, 11) is 2.19. The number of piperidine rings is 1. The number of hydrogen-bond acceptors (Lipinski definition) is 3. The number of likely N-dealkylation sites (N-methyl/N-ethyl adjacent to an activating group) is 1. The Labute approximate surface area is 177 Å². The summed E-state index contributed by atoms with van der Waals surface area (Å²) in [5.74, 6) is 0.609. The van der Waals surface area contributed by atoms with Crippen molar-refractivity contribution in [1.29, 1.82) is 0 Å². The summed E-state index contributed by atoms with van der Waals surface area (Å²) in [6.45, 7) is 5.95. The van der Waals surface area contributed by atoms with Crippen LogP contribution in [0.2, 0.25) is 0 Å². The molecule has 5 rings (SSSR count). The van der Waals surface area contributed by atoms with Crippen LogP contribution in [0.3, 0.4) is 0 Å². The number of benzene rings is 1. The zero-order chi connectivity index (χ0) is 20.8. The quantitative estimate of drug-likeness (QED) is 0.685. The number of aromatic amines is 1. The Morgan fingerprint density at radius 3 is 3.00 bits per heavy atom. The molecule has 2 aromatic heterocycles. The van der Waals surface area contributed by atoms with Crippen molar-refractivity contribution in [3.8, 4) is 0 Å². The molecule has 0 saturated carbocycles. The third kappa shape index (κ3) is 3.23. The molecule has 0 bridgehead atoms. The number of carbonyl (C=O) groups excluding carboxylic acids is 1. The molecule has 2 aliphatic rings. The van der Waals surface area contributed by atoms with E-state index in [4.69, 9.17) is 0 Å². The summed E-state index contributed by atoms with van der Waals surface area (Å²) < 4.78 is 2.41. The second-order valence-corrected chi connectivity index (χ2v) is 9.25. The minimum absolute atomic E-state index is 0.0272. The normalized spacial score (nSPS) is 23.7. The van der Waals surface area contributed by atoms with Crippen LogP contribution in [-0.2, 0) is 17.6 Å². The third-order valence-electron chi connectivity index (χ3n) is 7.04. The maximum Gasteiger partial charge on any atom is 0.224 e. The van der Waals surface area contributed by atoms with E-state index < -0.39 is 0 Å². The largest absolute Gasteiger partial charge is 0.355 e. The Balaban J connectivity index is 1.37. The van der Waals surface area contributed by atoms with Gasteiger partial charge in [-0.25, -0.2) is 4.98 Å². The predicted octanol–water partition coefficient (Wildman–Crippen LogP) is 3.26. The van der Waals surface area contributed by atoms with Gasteiger partial charge in [-0.2, -0.15) is 0 Å². The number of nitrogens with zero attached hydrogens (tertiary/aromatic N) is 3. The van der Waals surface area contributed by atoms with Gasteiger partial charge in [-0.05, 0) is 50.9 Å². The zero-order valence-electron chi connectivity index (χ0n) is 18.1. The number of fused-ring (bicyclic) bond motifs is 2. The molecule has 0 spiro atoms. The molecule has 6 heteroatoms. The highest BCUT2D eigenvalue weighted by molar-refractivity contribution is 5.89. The van der Waals surface area contributed by atoms with Gasteiger partial charge in [-0.3, -0.25) is 4.79 Å². The number of rotatable bonds is 5. The van der Waals surface area contributed by atoms with Gasteiger partial charge in [0, 0.05) is 60.8 Å². The van der Waals surface area contributed by atoms with Crippen LogP contribution < -0.4 is 5.32 Å². The number of carbonyl (C=O) groups is 1. The summed E-state index contributed by atoms with van der Waals surface area (Å²) in [6, 6.07) is 7.64. The third-order valence-corrected chi connectivity index (χ3v) is 7.04. The Kier molecular flexibility index (Phi) is 4.89. The number of hydrogen-bond donors (Lipinski definition) is 2. The Hall–Kier alpha value is -2.60. The molecule has 2 N–H and O–H groups in total. The van der Waals surface area contributed by atoms with Crippen molar-refractivity contribution in [2.24, 2.45) is 5.92 Å². The molecular formula is C24H31N5O. The van der Waals surface area contributed by atoms with E-state index in [0.717, 1.165) is 31.5 Å². The second kappa shape index (κ2) is 7.58. The maximum absolute atomic E-state index is 13.0. The fraction of sp³-hybridized carbons (Fsp3) is 0.500. The van der Waals surface area contributed by atoms with Crippen LogP contribution in [0.15, 0.2) is 36.9 Å². The van der Waals surface area contributed by atoms with Gasteiger partial charge in [-0.1, -0.05) is 12.1 Å². The molecule has 1 amide bonds. The van der Waals surface area contributed by atoms with E-state index in [2.05, 4.69) is 70.0 Å². The van der Waals surface area contributed by atoms with Crippen molar-refractivity contribution < 1.29 is 4.79 Å². The predicted molar refractivity (Wildman–Crippen MR) is 119 cm³/mol. The van der Waals surface area contributed by atoms with Crippen molar-refractivity contribution in [3.63, 3.8) is 0 Å². The Morgan fingerprint density at radius 2 is 2.23 bits per heavy atom. The highest BCUT2D eigenvalue weighted by Crippen LogP contribution is 2.45. The SMILES string of the molecule is CC(C)n1cc2c3c(cccc31)C1C[C@@H](C(=O)NCCc3c[nH]cn3)CN(C)[C@@H]1C2. The molecule has 1 aliphatic carbocycles. The van der Waals surface area contributed by atoms with Crippen LogP contribution in [0.5, 0.6) is 0 Å². The van der Waals surface area contributed by atoms with Crippen molar-refractivity contribution in [1.82, 2.24) is 24.8 Å². The monoisotopic (exact) mass is 405 g/mol. The molecule has 1 aliphatic heterocycles. The first-order valence-electron chi connectivity index (χ1n) is 11.1. The smallest absolute Gasteiger partial charge is 0.224 e. The van der Waals surface area contributed by atoms with Gasteiger partial charge in [0.2, 0.25) is 5.91 Å². The number of imidazole rings is 1. The number of amides is 1. The van der Waals surface area contributed by atoms with Gasteiger partial charge in [-0.15, -0.1) is 0 Å². The van der Waals surface area contributed by atoms with E-state index in [1.54, 1.807) is 6.33 Å². The van der Waals surface area contributed by atoms with Gasteiger partial charge in [0.1, 0.15) is 0 Å². The zero-order valence-corrected chi connectivity index (χ0v) is 18.1. The summed E-state index contributed by atoms with van der Waals surface area (Å²) in [6.07, 6.45) is 8.68. The molecule has 3 heterocycles. The number of nitrogens with one attached hydrogen (secondary N) is 2. The van der Waals surface area contributed by atoms with Gasteiger partial charge in [0.25, 0.3) is 0 Å². The van der Waals surface area contributed by atoms with Crippen LogP contribution in [0.1, 0.15) is 49.0 Å². The number of likely N-dealkylation sites (tertiary alicyclic amines) is 1. The molecule has 1 unspecified atom stereocenters. The van der Waals surface area contributed by atoms with E-state index in [1.807, 2.05) is 6.20 Å². The number of aromatic nitrogens is 3. The van der Waals surface area contributed by atoms with E-state index in [0.29, 0.717) is 24.5 Å². The molecule has 6 nitrogen and oxygen atoms in total. The highest BCUT2D eigenvalue weighted by atomic mass is 16.1. The van der Waals surface area contributed by atoms with Crippen molar-refractivity contribution >= 4 is 16.8 Å². The lowest BCUT2D eigenvalue weighted by atomic mass is 9.72. The van der Waals surface area contributed by atoms with E-state index >= 15 is 0 Å². The van der Waals surface area contributed by atoms with E-state index in [9.17, 15) is 4.79 Å². The van der Waals surface area contributed by atoms with Gasteiger partial charge < -0.3 is 19.8 Å². The molecule has 158 valence electrons. The van der Waals surface area contributed by atoms with Gasteiger partial charge >= 0.3 is 0 Å². The van der Waals surface area contributed by atoms with Crippen LogP contribution in [-0.4, -0.2) is 51.5 Å². The second-order valence-electron chi connectivity index (χ2n) is 9.25. The number of H-pyrrole nitrogens is 1. The first-order chi connectivity index (χ1) is 14.5. The van der Waals surface area contributed by atoms with Crippen molar-refractivity contribution in [2.45, 2.75) is 51.1 Å². The molecular weight excluding hydrogens is 374 g/mol. The Bertz CT molecular complexity index is 1050. The van der Waals surface area contributed by atoms with Gasteiger partial charge in [0.05, 0.1) is 17.9 Å². The van der Waals surface area contributed by atoms with E-state index in [1.165, 1.54) is 22.0 Å². The van der Waals surface area contributed by atoms with E-state index in [-0.39, 0.29) is 11.8 Å². The summed E-state index contributed by atoms with van der Waals surface area (Å²) in [5.41, 5.74) is 5.21. The first-order valence-corrected chi connectivity index (χ1v) is 11.1. The molecule has 3 aromatic rings. The Morgan fingerprint density at radius 1 is 1.37 bits per heavy atom. The first kappa shape index (κ1) is 19.4. The highest BCUT2D eigenvalue weighted by Gasteiger charge is 2.41. The molecule has 1 fully saturated rings. The van der Waals surface area contributed by atoms with Crippen LogP contribution >= 0.6 is 0 Å². The summed E-state index contributed by atoms with van der Waals surface area (Å²) >= 11 is 0. The minimum atomic E-state index is 0.0272. The topological polar surface area (TPSA) is 66.0 Å². The molecule has 1 saturated heterocycles. The lowest BCUT2D eigenvalue weighted by molar-refractivity contribution is -0.127. The lowest BCUT2D eigenvalue weighted by Gasteiger charge is -2.45. The van der Waals surface area contributed by atoms with Gasteiger partial charge in [0.15, 0.2) is 0 Å². The lowest BCUT2D eigenvalue weighted by Crippen LogP contribution is -2.51. The molecule has 0 radical (unpaired) electrons. The van der Waals surface area contributed by atoms with Crippen LogP contribution in [0.25, 0.3) is 10.9 Å². The fourth-order valence-electron chi connectivity index (χ4n) is 5.58. The van der Waals surface area contributed by atoms with Crippen LogP contribution in [0, 0.1) is 5.92 Å². The molecule has 30 heavy (non-hydrogen) atoms. The van der Waals surface area contributed by atoms with Crippen molar-refractivity contribution in [3.05, 3.63) is 53.7 Å². The maximum atomic E-state index is 13.0. The molecule has 1 aromatic carbocycles. The average Bonchev–Trinajstić information content (AvgIpc) is 3.37. The van der Waals surface area contributed by atoms with Crippen LogP contribution in [0.4, 0.5) is 0 Å². The standard InChI is InChI=1S/C24H31N5O/c1-15(2)29-13-16-10-22-20(19-5-4-6-21(29)23(16)19)9-17(12-28(22)3)24(30)26-8-7-18-11-25-14-27-18/h4-6,11,13-15,17,20,22H,7-10,12H2,1-3H3,(H,25,27)(H,26,30)/t17-,20?,22-/m1/s1. The summed E-state index contributed by atoms with van der Waals surface area (Å²) in [4.78, 5) is 22.6. The minimum Gasteiger partial charge on any atom is -0.355 e. The average molecular weight is 406 g/mol. The fourth-order valence-corrected chi connectivity index (χ4v) is 5.58.